The maximum Gasteiger partial charge on any atom is 0.311 e. The highest BCUT2D eigenvalue weighted by molar-refractivity contribution is 5.76. The molecule has 6 rings (SSSR count). The van der Waals surface area contributed by atoms with E-state index in [4.69, 9.17) is 14.2 Å². The summed E-state index contributed by atoms with van der Waals surface area (Å²) in [5.74, 6) is 1.66. The number of carbonyl (C=O) groups excluding carboxylic acids is 1. The Bertz CT molecular complexity index is 900. The largest absolute Gasteiger partial charge is 0.497 e. The second kappa shape index (κ2) is 7.36. The van der Waals surface area contributed by atoms with Crippen molar-refractivity contribution in [3.05, 3.63) is 24.3 Å². The SMILES string of the molecule is COc1cccc(N2CCN(C[C@H]3C(=O)O[C@@H]4C[C@@]5(C)CCC[C@H](C)[C@]56O[C@H]6[C@@H]43)CC2)c1. The van der Waals surface area contributed by atoms with Gasteiger partial charge in [-0.3, -0.25) is 9.69 Å². The van der Waals surface area contributed by atoms with Crippen molar-refractivity contribution >= 4 is 11.7 Å². The fraction of sp³-hybridized carbons (Fsp3) is 0.731. The molecule has 1 aromatic rings. The monoisotopic (exact) mass is 440 g/mol. The van der Waals surface area contributed by atoms with Gasteiger partial charge in [0.25, 0.3) is 0 Å². The zero-order chi connectivity index (χ0) is 22.1. The predicted octanol–water partition coefficient (Wildman–Crippen LogP) is 3.34. The van der Waals surface area contributed by atoms with Crippen LogP contribution in [-0.4, -0.2) is 68.5 Å². The van der Waals surface area contributed by atoms with E-state index in [0.29, 0.717) is 5.92 Å². The molecule has 1 spiro atoms. The van der Waals surface area contributed by atoms with E-state index in [2.05, 4.69) is 35.8 Å². The smallest absolute Gasteiger partial charge is 0.311 e. The van der Waals surface area contributed by atoms with Gasteiger partial charge >= 0.3 is 5.97 Å². The van der Waals surface area contributed by atoms with Crippen LogP contribution in [0.4, 0.5) is 5.69 Å². The lowest BCUT2D eigenvalue weighted by atomic mass is 9.53. The number of methoxy groups -OCH3 is 1. The first-order valence-electron chi connectivity index (χ1n) is 12.4. The lowest BCUT2D eigenvalue weighted by Gasteiger charge is -2.49. The molecule has 7 atom stereocenters. The minimum atomic E-state index is -0.0496. The standard InChI is InChI=1S/C26H36N2O4/c1-17-6-5-9-25(2)15-21-22(23-26(17,25)32-23)20(24(29)31-21)16-27-10-12-28(13-11-27)18-7-4-8-19(14-18)30-3/h4,7-8,14,17,20-23H,5-6,9-13,15-16H2,1-3H3/t17-,20+,21+,22+,23-,25+,26+/m0/s1. The second-order valence-electron chi connectivity index (χ2n) is 11.0. The normalized spacial score (nSPS) is 43.2. The molecule has 0 bridgehead atoms. The fourth-order valence-electron chi connectivity index (χ4n) is 7.72. The van der Waals surface area contributed by atoms with Crippen molar-refractivity contribution < 1.29 is 19.0 Å². The van der Waals surface area contributed by atoms with Crippen molar-refractivity contribution in [1.82, 2.24) is 4.90 Å². The summed E-state index contributed by atoms with van der Waals surface area (Å²) in [6.07, 6.45) is 4.94. The van der Waals surface area contributed by atoms with E-state index in [9.17, 15) is 4.79 Å². The zero-order valence-electron chi connectivity index (χ0n) is 19.6. The summed E-state index contributed by atoms with van der Waals surface area (Å²) >= 11 is 0. The summed E-state index contributed by atoms with van der Waals surface area (Å²) < 4.78 is 18.0. The van der Waals surface area contributed by atoms with Crippen molar-refractivity contribution in [2.75, 3.05) is 44.7 Å². The molecule has 0 radical (unpaired) electrons. The minimum absolute atomic E-state index is 0.00998. The van der Waals surface area contributed by atoms with Gasteiger partial charge in [0.15, 0.2) is 0 Å². The van der Waals surface area contributed by atoms with Crippen LogP contribution in [0.25, 0.3) is 0 Å². The number of anilines is 1. The van der Waals surface area contributed by atoms with E-state index in [1.807, 2.05) is 12.1 Å². The Morgan fingerprint density at radius 1 is 1.22 bits per heavy atom. The van der Waals surface area contributed by atoms with E-state index in [0.717, 1.165) is 44.9 Å². The molecule has 3 heterocycles. The Morgan fingerprint density at radius 2 is 2.03 bits per heavy atom. The molecular weight excluding hydrogens is 404 g/mol. The van der Waals surface area contributed by atoms with E-state index < -0.39 is 0 Å². The van der Waals surface area contributed by atoms with Gasteiger partial charge in [0.2, 0.25) is 0 Å². The third-order valence-electron chi connectivity index (χ3n) is 9.44. The molecule has 3 aliphatic heterocycles. The summed E-state index contributed by atoms with van der Waals surface area (Å²) in [4.78, 5) is 17.9. The van der Waals surface area contributed by atoms with Crippen LogP contribution < -0.4 is 9.64 Å². The van der Waals surface area contributed by atoms with Gasteiger partial charge in [0, 0.05) is 55.8 Å². The number of piperazine rings is 1. The Morgan fingerprint density at radius 3 is 2.81 bits per heavy atom. The summed E-state index contributed by atoms with van der Waals surface area (Å²) in [7, 11) is 1.71. The molecule has 6 nitrogen and oxygen atoms in total. The molecular formula is C26H36N2O4. The molecule has 0 amide bonds. The number of rotatable bonds is 4. The van der Waals surface area contributed by atoms with Crippen LogP contribution in [-0.2, 0) is 14.3 Å². The molecule has 0 unspecified atom stereocenters. The van der Waals surface area contributed by atoms with Crippen LogP contribution in [0, 0.1) is 23.2 Å². The number of epoxide rings is 1. The van der Waals surface area contributed by atoms with Crippen molar-refractivity contribution in [3.63, 3.8) is 0 Å². The molecule has 5 fully saturated rings. The van der Waals surface area contributed by atoms with E-state index in [1.54, 1.807) is 7.11 Å². The summed E-state index contributed by atoms with van der Waals surface area (Å²) in [6, 6.07) is 8.27. The minimum Gasteiger partial charge on any atom is -0.497 e. The topological polar surface area (TPSA) is 54.5 Å². The molecule has 5 aliphatic rings. The number of carbonyl (C=O) groups is 1. The first kappa shape index (κ1) is 20.8. The summed E-state index contributed by atoms with van der Waals surface area (Å²) in [5, 5.41) is 0. The van der Waals surface area contributed by atoms with Gasteiger partial charge in [-0.1, -0.05) is 26.3 Å². The first-order valence-corrected chi connectivity index (χ1v) is 12.4. The Hall–Kier alpha value is -1.79. The number of hydrogen-bond acceptors (Lipinski definition) is 6. The highest BCUT2D eigenvalue weighted by Gasteiger charge is 2.78. The number of hydrogen-bond donors (Lipinski definition) is 0. The van der Waals surface area contributed by atoms with E-state index >= 15 is 0 Å². The van der Waals surface area contributed by atoms with Crippen LogP contribution in [0.2, 0.25) is 0 Å². The van der Waals surface area contributed by atoms with Gasteiger partial charge in [-0.2, -0.15) is 0 Å². The fourth-order valence-corrected chi connectivity index (χ4v) is 7.72. The van der Waals surface area contributed by atoms with Crippen LogP contribution >= 0.6 is 0 Å². The number of benzene rings is 1. The average Bonchev–Trinajstić information content (AvgIpc) is 3.48. The van der Waals surface area contributed by atoms with Crippen molar-refractivity contribution in [2.24, 2.45) is 23.2 Å². The van der Waals surface area contributed by atoms with Crippen molar-refractivity contribution in [2.45, 2.75) is 57.3 Å². The van der Waals surface area contributed by atoms with Crippen molar-refractivity contribution in [1.29, 1.82) is 0 Å². The first-order chi connectivity index (χ1) is 15.4. The van der Waals surface area contributed by atoms with Crippen LogP contribution in [0.5, 0.6) is 5.75 Å². The average molecular weight is 441 g/mol. The molecule has 1 aromatic carbocycles. The second-order valence-corrected chi connectivity index (χ2v) is 11.0. The van der Waals surface area contributed by atoms with Gasteiger partial charge in [-0.25, -0.2) is 0 Å². The molecule has 2 aliphatic carbocycles. The third kappa shape index (κ3) is 2.95. The number of nitrogens with zero attached hydrogens (tertiary/aromatic N) is 2. The predicted molar refractivity (Wildman–Crippen MR) is 122 cm³/mol. The Balaban J connectivity index is 1.13. The molecule has 6 heteroatoms. The van der Waals surface area contributed by atoms with Crippen LogP contribution in [0.1, 0.15) is 39.5 Å². The highest BCUT2D eigenvalue weighted by Crippen LogP contribution is 2.70. The summed E-state index contributed by atoms with van der Waals surface area (Å²) in [6.45, 7) is 9.39. The van der Waals surface area contributed by atoms with Gasteiger partial charge in [0.05, 0.1) is 19.1 Å². The zero-order valence-corrected chi connectivity index (χ0v) is 19.6. The van der Waals surface area contributed by atoms with E-state index in [1.165, 1.54) is 24.9 Å². The Labute approximate surface area is 191 Å². The molecule has 32 heavy (non-hydrogen) atoms. The number of esters is 1. The quantitative estimate of drug-likeness (QED) is 0.529. The maximum absolute atomic E-state index is 13.0. The highest BCUT2D eigenvalue weighted by atomic mass is 16.6. The van der Waals surface area contributed by atoms with Gasteiger partial charge < -0.3 is 19.1 Å². The van der Waals surface area contributed by atoms with Crippen LogP contribution in [0.3, 0.4) is 0 Å². The number of ether oxygens (including phenoxy) is 3. The van der Waals surface area contributed by atoms with Crippen molar-refractivity contribution in [3.8, 4) is 5.75 Å². The molecule has 174 valence electrons. The molecule has 2 saturated carbocycles. The van der Waals surface area contributed by atoms with Gasteiger partial charge in [-0.05, 0) is 37.3 Å². The molecule has 3 saturated heterocycles. The third-order valence-corrected chi connectivity index (χ3v) is 9.44. The molecule has 0 aromatic heterocycles. The van der Waals surface area contributed by atoms with Gasteiger partial charge in [-0.15, -0.1) is 0 Å². The Kier molecular flexibility index (Phi) is 4.78. The maximum atomic E-state index is 13.0. The lowest BCUT2D eigenvalue weighted by Crippen LogP contribution is -2.55. The number of fused-ring (bicyclic) bond motifs is 2. The van der Waals surface area contributed by atoms with E-state index in [-0.39, 0.29) is 41.0 Å². The summed E-state index contributed by atoms with van der Waals surface area (Å²) in [5.41, 5.74) is 1.35. The molecule has 0 N–H and O–H groups in total. The van der Waals surface area contributed by atoms with Crippen LogP contribution in [0.15, 0.2) is 24.3 Å². The lowest BCUT2D eigenvalue weighted by molar-refractivity contribution is -0.146. The van der Waals surface area contributed by atoms with Gasteiger partial charge in [0.1, 0.15) is 17.5 Å².